The van der Waals surface area contributed by atoms with Crippen LogP contribution in [-0.4, -0.2) is 38.6 Å². The van der Waals surface area contributed by atoms with E-state index in [9.17, 15) is 20.1 Å². The third-order valence-electron chi connectivity index (χ3n) is 5.50. The molecule has 1 heterocycles. The number of carboxylic acids is 1. The smallest absolute Gasteiger partial charge is 0.303 e. The number of benzene rings is 1. The van der Waals surface area contributed by atoms with E-state index in [1.807, 2.05) is 48.6 Å². The first-order chi connectivity index (χ1) is 14.0. The highest BCUT2D eigenvalue weighted by Gasteiger charge is 2.39. The van der Waals surface area contributed by atoms with E-state index < -0.39 is 24.3 Å². The number of thiophene rings is 1. The first-order valence-corrected chi connectivity index (χ1v) is 10.8. The Bertz CT molecular complexity index is 838. The van der Waals surface area contributed by atoms with Gasteiger partial charge in [0.25, 0.3) is 0 Å². The molecule has 156 valence electrons. The molecule has 5 unspecified atom stereocenters. The van der Waals surface area contributed by atoms with Gasteiger partial charge < -0.3 is 20.4 Å². The molecule has 0 spiro atoms. The fourth-order valence-electron chi connectivity index (χ4n) is 3.93. The number of carboxylic acid groups (broad SMARTS) is 1. The average Bonchev–Trinajstić information content (AvgIpc) is 3.23. The number of carbonyl (C=O) groups is 1. The highest BCUT2D eigenvalue weighted by Crippen LogP contribution is 2.37. The van der Waals surface area contributed by atoms with E-state index in [0.29, 0.717) is 25.7 Å². The summed E-state index contributed by atoms with van der Waals surface area (Å²) in [5.41, 5.74) is 0. The highest BCUT2D eigenvalue weighted by atomic mass is 32.1. The minimum atomic E-state index is -0.796. The molecule has 0 amide bonds. The molecule has 1 aliphatic rings. The van der Waals surface area contributed by atoms with Crippen molar-refractivity contribution in [2.75, 3.05) is 0 Å². The van der Waals surface area contributed by atoms with Crippen molar-refractivity contribution in [1.29, 1.82) is 0 Å². The normalized spacial score (nSPS) is 26.0. The van der Waals surface area contributed by atoms with Gasteiger partial charge >= 0.3 is 5.97 Å². The van der Waals surface area contributed by atoms with Crippen molar-refractivity contribution in [3.8, 4) is 0 Å². The second kappa shape index (κ2) is 10.2. The molecule has 1 saturated carbocycles. The molecule has 0 saturated heterocycles. The lowest BCUT2D eigenvalue weighted by atomic mass is 9.89. The standard InChI is InChI=1S/C23H28O5S/c24-18(22-13-15-7-5-6-9-21(15)29-22)12-11-17-16(19(25)14-20(17)26)8-3-1-2-4-10-23(27)28/h1,3,5-7,9,11-13,16-20,24-26H,2,4,8,10,14H2,(H,27,28). The van der Waals surface area contributed by atoms with Gasteiger partial charge in [0.05, 0.1) is 12.2 Å². The largest absolute Gasteiger partial charge is 0.481 e. The van der Waals surface area contributed by atoms with Gasteiger partial charge in [-0.05, 0) is 42.7 Å². The molecule has 1 aromatic carbocycles. The van der Waals surface area contributed by atoms with Gasteiger partial charge in [-0.3, -0.25) is 4.79 Å². The predicted octanol–water partition coefficient (Wildman–Crippen LogP) is 4.05. The van der Waals surface area contributed by atoms with Gasteiger partial charge in [-0.1, -0.05) is 42.5 Å². The first kappa shape index (κ1) is 21.7. The summed E-state index contributed by atoms with van der Waals surface area (Å²) in [5, 5.41) is 41.0. The third kappa shape index (κ3) is 5.76. The van der Waals surface area contributed by atoms with Gasteiger partial charge in [-0.15, -0.1) is 11.3 Å². The van der Waals surface area contributed by atoms with Crippen LogP contribution in [-0.2, 0) is 4.79 Å². The maximum absolute atomic E-state index is 10.6. The minimum absolute atomic E-state index is 0.119. The van der Waals surface area contributed by atoms with Gasteiger partial charge in [-0.25, -0.2) is 0 Å². The maximum Gasteiger partial charge on any atom is 0.303 e. The van der Waals surface area contributed by atoms with Crippen molar-refractivity contribution in [3.05, 3.63) is 59.5 Å². The van der Waals surface area contributed by atoms with Crippen LogP contribution in [0.3, 0.4) is 0 Å². The van der Waals surface area contributed by atoms with Crippen molar-refractivity contribution in [2.24, 2.45) is 11.8 Å². The Labute approximate surface area is 174 Å². The molecule has 5 nitrogen and oxygen atoms in total. The van der Waals surface area contributed by atoms with Gasteiger partial charge in [0, 0.05) is 28.3 Å². The van der Waals surface area contributed by atoms with E-state index in [0.717, 1.165) is 15.0 Å². The quantitative estimate of drug-likeness (QED) is 0.365. The molecule has 4 N–H and O–H groups in total. The van der Waals surface area contributed by atoms with Crippen LogP contribution in [0.15, 0.2) is 54.6 Å². The van der Waals surface area contributed by atoms with Gasteiger partial charge in [0.15, 0.2) is 0 Å². The van der Waals surface area contributed by atoms with Crippen LogP contribution in [0.5, 0.6) is 0 Å². The van der Waals surface area contributed by atoms with E-state index in [2.05, 4.69) is 0 Å². The van der Waals surface area contributed by atoms with Crippen molar-refractivity contribution >= 4 is 27.4 Å². The Morgan fingerprint density at radius 2 is 2.00 bits per heavy atom. The lowest BCUT2D eigenvalue weighted by molar-refractivity contribution is -0.137. The third-order valence-corrected chi connectivity index (χ3v) is 6.69. The van der Waals surface area contributed by atoms with E-state index >= 15 is 0 Å². The summed E-state index contributed by atoms with van der Waals surface area (Å²) in [6.07, 6.45) is 7.81. The number of aliphatic carboxylic acids is 1. The fourth-order valence-corrected chi connectivity index (χ4v) is 4.96. The molecular weight excluding hydrogens is 388 g/mol. The molecule has 0 radical (unpaired) electrons. The molecule has 1 aliphatic carbocycles. The van der Waals surface area contributed by atoms with Gasteiger partial charge in [-0.2, -0.15) is 0 Å². The Hall–Kier alpha value is -1.99. The van der Waals surface area contributed by atoms with Crippen LogP contribution < -0.4 is 0 Å². The average molecular weight is 417 g/mol. The Morgan fingerprint density at radius 1 is 1.21 bits per heavy atom. The molecular formula is C23H28O5S. The van der Waals surface area contributed by atoms with Crippen LogP contribution in [0.25, 0.3) is 10.1 Å². The summed E-state index contributed by atoms with van der Waals surface area (Å²) in [6, 6.07) is 9.96. The SMILES string of the molecule is O=C(O)CCCC=CCC1C(O)CC(O)C1C=CC(O)c1cc2ccccc2s1. The lowest BCUT2D eigenvalue weighted by Gasteiger charge is -2.19. The molecule has 0 aliphatic heterocycles. The monoisotopic (exact) mass is 416 g/mol. The Kier molecular flexibility index (Phi) is 7.61. The zero-order chi connectivity index (χ0) is 20.8. The summed E-state index contributed by atoms with van der Waals surface area (Å²) < 4.78 is 1.12. The summed E-state index contributed by atoms with van der Waals surface area (Å²) in [5.74, 6) is -1.14. The number of rotatable bonds is 9. The summed E-state index contributed by atoms with van der Waals surface area (Å²) >= 11 is 1.55. The molecule has 29 heavy (non-hydrogen) atoms. The Morgan fingerprint density at radius 3 is 2.76 bits per heavy atom. The number of fused-ring (bicyclic) bond motifs is 1. The molecule has 2 aromatic rings. The molecule has 0 bridgehead atoms. The zero-order valence-corrected chi connectivity index (χ0v) is 17.0. The van der Waals surface area contributed by atoms with Crippen LogP contribution in [0.4, 0.5) is 0 Å². The topological polar surface area (TPSA) is 98.0 Å². The van der Waals surface area contributed by atoms with Gasteiger partial charge in [0.1, 0.15) is 6.10 Å². The van der Waals surface area contributed by atoms with Crippen LogP contribution in [0.1, 0.15) is 43.1 Å². The minimum Gasteiger partial charge on any atom is -0.481 e. The molecule has 6 heteroatoms. The van der Waals surface area contributed by atoms with Crippen LogP contribution >= 0.6 is 11.3 Å². The number of hydrogen-bond acceptors (Lipinski definition) is 5. The number of hydrogen-bond donors (Lipinski definition) is 4. The lowest BCUT2D eigenvalue weighted by Crippen LogP contribution is -2.20. The predicted molar refractivity (Wildman–Crippen MR) is 115 cm³/mol. The van der Waals surface area contributed by atoms with Crippen molar-refractivity contribution in [2.45, 2.75) is 50.4 Å². The van der Waals surface area contributed by atoms with E-state index in [1.54, 1.807) is 17.4 Å². The van der Waals surface area contributed by atoms with Crippen LogP contribution in [0.2, 0.25) is 0 Å². The van der Waals surface area contributed by atoms with Crippen LogP contribution in [0, 0.1) is 11.8 Å². The Balaban J connectivity index is 1.60. The molecule has 1 fully saturated rings. The molecule has 3 rings (SSSR count). The summed E-state index contributed by atoms with van der Waals surface area (Å²) in [6.45, 7) is 0. The number of aliphatic hydroxyl groups is 3. The van der Waals surface area contributed by atoms with Crippen molar-refractivity contribution in [1.82, 2.24) is 0 Å². The number of unbranched alkanes of at least 4 members (excludes halogenated alkanes) is 1. The highest BCUT2D eigenvalue weighted by molar-refractivity contribution is 7.19. The second-order valence-corrected chi connectivity index (χ2v) is 8.74. The van der Waals surface area contributed by atoms with Gasteiger partial charge in [0.2, 0.25) is 0 Å². The maximum atomic E-state index is 10.6. The second-order valence-electron chi connectivity index (χ2n) is 7.62. The number of allylic oxidation sites excluding steroid dienone is 2. The van der Waals surface area contributed by atoms with E-state index in [1.165, 1.54) is 0 Å². The molecule has 5 atom stereocenters. The summed E-state index contributed by atoms with van der Waals surface area (Å²) in [7, 11) is 0. The first-order valence-electron chi connectivity index (χ1n) is 10.0. The van der Waals surface area contributed by atoms with Crippen molar-refractivity contribution < 1.29 is 25.2 Å². The van der Waals surface area contributed by atoms with E-state index in [-0.39, 0.29) is 18.3 Å². The number of aliphatic hydroxyl groups excluding tert-OH is 3. The molecule has 1 aromatic heterocycles. The fraction of sp³-hybridized carbons (Fsp3) is 0.435. The van der Waals surface area contributed by atoms with Crippen molar-refractivity contribution in [3.63, 3.8) is 0 Å². The zero-order valence-electron chi connectivity index (χ0n) is 16.2. The summed E-state index contributed by atoms with van der Waals surface area (Å²) in [4.78, 5) is 11.4. The van der Waals surface area contributed by atoms with E-state index in [4.69, 9.17) is 5.11 Å².